The molecule has 0 heterocycles. The number of halogens is 1. The number of hydrogen-bond acceptors (Lipinski definition) is 3. The maximum atomic E-state index is 13.3. The van der Waals surface area contributed by atoms with E-state index in [0.717, 1.165) is 0 Å². The van der Waals surface area contributed by atoms with Crippen LogP contribution in [0.15, 0.2) is 48.5 Å². The van der Waals surface area contributed by atoms with Gasteiger partial charge in [0.15, 0.2) is 18.2 Å². The van der Waals surface area contributed by atoms with Crippen molar-refractivity contribution in [2.45, 2.75) is 0 Å². The number of hydrogen-bond donors (Lipinski definition) is 2. The second-order valence-electron chi connectivity index (χ2n) is 4.18. The van der Waals surface area contributed by atoms with E-state index < -0.39 is 17.6 Å². The Bertz CT molecular complexity index is 673. The molecular formula is C15H13FN2O3. The van der Waals surface area contributed by atoms with Gasteiger partial charge < -0.3 is 15.8 Å². The van der Waals surface area contributed by atoms with Gasteiger partial charge in [-0.25, -0.2) is 4.39 Å². The summed E-state index contributed by atoms with van der Waals surface area (Å²) in [5.41, 5.74) is 5.68. The number of primary amides is 1. The van der Waals surface area contributed by atoms with Gasteiger partial charge in [0.1, 0.15) is 0 Å². The Kier molecular flexibility index (Phi) is 4.50. The zero-order valence-electron chi connectivity index (χ0n) is 11.0. The molecular weight excluding hydrogens is 275 g/mol. The summed E-state index contributed by atoms with van der Waals surface area (Å²) >= 11 is 0. The Hall–Kier alpha value is -2.89. The van der Waals surface area contributed by atoms with Crippen molar-refractivity contribution in [1.29, 1.82) is 0 Å². The molecule has 2 amide bonds. The largest absolute Gasteiger partial charge is 0.481 e. The van der Waals surface area contributed by atoms with Crippen LogP contribution >= 0.6 is 0 Å². The van der Waals surface area contributed by atoms with Crippen LogP contribution in [0.3, 0.4) is 0 Å². The number of rotatable bonds is 5. The topological polar surface area (TPSA) is 81.4 Å². The lowest BCUT2D eigenvalue weighted by molar-refractivity contribution is -0.118. The van der Waals surface area contributed by atoms with E-state index in [0.29, 0.717) is 0 Å². The first-order valence-corrected chi connectivity index (χ1v) is 6.14. The molecule has 0 atom stereocenters. The van der Waals surface area contributed by atoms with E-state index in [9.17, 15) is 14.0 Å². The molecule has 0 spiro atoms. The third-order valence-electron chi connectivity index (χ3n) is 2.66. The van der Waals surface area contributed by atoms with Crippen LogP contribution in [-0.4, -0.2) is 18.4 Å². The maximum Gasteiger partial charge on any atom is 0.262 e. The molecule has 21 heavy (non-hydrogen) atoms. The quantitative estimate of drug-likeness (QED) is 0.882. The molecule has 0 fully saturated rings. The summed E-state index contributed by atoms with van der Waals surface area (Å²) in [5.74, 6) is -1.74. The number of carbonyl (C=O) groups is 2. The van der Waals surface area contributed by atoms with Gasteiger partial charge in [-0.15, -0.1) is 0 Å². The van der Waals surface area contributed by atoms with Crippen molar-refractivity contribution in [3.8, 4) is 5.75 Å². The summed E-state index contributed by atoms with van der Waals surface area (Å²) in [7, 11) is 0. The van der Waals surface area contributed by atoms with Crippen molar-refractivity contribution in [3.05, 3.63) is 59.9 Å². The van der Waals surface area contributed by atoms with Crippen LogP contribution in [0, 0.1) is 5.82 Å². The average Bonchev–Trinajstić information content (AvgIpc) is 2.47. The molecule has 2 aromatic rings. The predicted molar refractivity (Wildman–Crippen MR) is 75.5 cm³/mol. The highest BCUT2D eigenvalue weighted by Gasteiger charge is 2.11. The highest BCUT2D eigenvalue weighted by Crippen LogP contribution is 2.16. The molecule has 0 aromatic heterocycles. The van der Waals surface area contributed by atoms with Crippen molar-refractivity contribution >= 4 is 17.5 Å². The van der Waals surface area contributed by atoms with E-state index in [1.807, 2.05) is 0 Å². The lowest BCUT2D eigenvalue weighted by atomic mass is 10.1. The molecule has 2 rings (SSSR count). The first kappa shape index (κ1) is 14.5. The van der Waals surface area contributed by atoms with E-state index in [4.69, 9.17) is 10.5 Å². The number of carbonyl (C=O) groups excluding carboxylic acids is 2. The predicted octanol–water partition coefficient (Wildman–Crippen LogP) is 1.94. The number of benzene rings is 2. The molecule has 3 N–H and O–H groups in total. The Morgan fingerprint density at radius 1 is 1.10 bits per heavy atom. The molecule has 2 aromatic carbocycles. The third-order valence-corrected chi connectivity index (χ3v) is 2.66. The Labute approximate surface area is 120 Å². The van der Waals surface area contributed by atoms with Crippen molar-refractivity contribution in [3.63, 3.8) is 0 Å². The van der Waals surface area contributed by atoms with Gasteiger partial charge in [0.05, 0.1) is 11.3 Å². The SMILES string of the molecule is NC(=O)c1ccccc1NC(=O)COc1ccccc1F. The maximum absolute atomic E-state index is 13.3. The van der Waals surface area contributed by atoms with Gasteiger partial charge in [-0.2, -0.15) is 0 Å². The van der Waals surface area contributed by atoms with Gasteiger partial charge in [-0.3, -0.25) is 9.59 Å². The van der Waals surface area contributed by atoms with Crippen LogP contribution in [0.4, 0.5) is 10.1 Å². The van der Waals surface area contributed by atoms with Crippen molar-refractivity contribution in [2.24, 2.45) is 5.73 Å². The van der Waals surface area contributed by atoms with E-state index in [1.165, 1.54) is 24.3 Å². The fourth-order valence-corrected chi connectivity index (χ4v) is 1.70. The summed E-state index contributed by atoms with van der Waals surface area (Å²) in [6.07, 6.45) is 0. The minimum Gasteiger partial charge on any atom is -0.481 e. The number of nitrogens with one attached hydrogen (secondary N) is 1. The minimum atomic E-state index is -0.652. The van der Waals surface area contributed by atoms with Crippen LogP contribution in [0.1, 0.15) is 10.4 Å². The first-order chi connectivity index (χ1) is 10.1. The molecule has 0 unspecified atom stereocenters. The molecule has 108 valence electrons. The van der Waals surface area contributed by atoms with Gasteiger partial charge >= 0.3 is 0 Å². The molecule has 5 nitrogen and oxygen atoms in total. The summed E-state index contributed by atoms with van der Waals surface area (Å²) < 4.78 is 18.4. The van der Waals surface area contributed by atoms with Crippen LogP contribution in [0.2, 0.25) is 0 Å². The second kappa shape index (κ2) is 6.51. The van der Waals surface area contributed by atoms with Gasteiger partial charge in [0.25, 0.3) is 11.8 Å². The van der Waals surface area contributed by atoms with Crippen LogP contribution < -0.4 is 15.8 Å². The smallest absolute Gasteiger partial charge is 0.262 e. The fourth-order valence-electron chi connectivity index (χ4n) is 1.70. The highest BCUT2D eigenvalue weighted by molar-refractivity contribution is 6.03. The molecule has 0 bridgehead atoms. The summed E-state index contributed by atoms with van der Waals surface area (Å²) in [6, 6.07) is 12.1. The number of amides is 2. The Morgan fingerprint density at radius 3 is 2.48 bits per heavy atom. The summed E-state index contributed by atoms with van der Waals surface area (Å²) in [4.78, 5) is 23.0. The standard InChI is InChI=1S/C15H13FN2O3/c16-11-6-2-4-8-13(11)21-9-14(19)18-12-7-3-1-5-10(12)15(17)20/h1-8H,9H2,(H2,17,20)(H,18,19). The van der Waals surface area contributed by atoms with Gasteiger partial charge in [-0.1, -0.05) is 24.3 Å². The van der Waals surface area contributed by atoms with Crippen LogP contribution in [-0.2, 0) is 4.79 Å². The molecule has 0 aliphatic carbocycles. The van der Waals surface area contributed by atoms with E-state index in [1.54, 1.807) is 24.3 Å². The van der Waals surface area contributed by atoms with E-state index in [-0.39, 0.29) is 23.6 Å². The Balaban J connectivity index is 2.00. The third kappa shape index (κ3) is 3.79. The summed E-state index contributed by atoms with van der Waals surface area (Å²) in [5, 5.41) is 2.49. The van der Waals surface area contributed by atoms with Crippen molar-refractivity contribution < 1.29 is 18.7 Å². The van der Waals surface area contributed by atoms with Gasteiger partial charge in [-0.05, 0) is 24.3 Å². The first-order valence-electron chi connectivity index (χ1n) is 6.14. The van der Waals surface area contributed by atoms with Crippen molar-refractivity contribution in [2.75, 3.05) is 11.9 Å². The van der Waals surface area contributed by atoms with Crippen LogP contribution in [0.25, 0.3) is 0 Å². The van der Waals surface area contributed by atoms with E-state index >= 15 is 0 Å². The molecule has 6 heteroatoms. The molecule has 0 saturated carbocycles. The molecule has 0 saturated heterocycles. The van der Waals surface area contributed by atoms with Crippen LogP contribution in [0.5, 0.6) is 5.75 Å². The van der Waals surface area contributed by atoms with Gasteiger partial charge in [0, 0.05) is 0 Å². The molecule has 0 aliphatic rings. The normalized spacial score (nSPS) is 9.95. The summed E-state index contributed by atoms with van der Waals surface area (Å²) in [6.45, 7) is -0.381. The highest BCUT2D eigenvalue weighted by atomic mass is 19.1. The monoisotopic (exact) mass is 288 g/mol. The Morgan fingerprint density at radius 2 is 1.76 bits per heavy atom. The zero-order chi connectivity index (χ0) is 15.2. The fraction of sp³-hybridized carbons (Fsp3) is 0.0667. The minimum absolute atomic E-state index is 0.0177. The molecule has 0 aliphatic heterocycles. The number of nitrogens with two attached hydrogens (primary N) is 1. The number of ether oxygens (including phenoxy) is 1. The molecule has 0 radical (unpaired) electrons. The average molecular weight is 288 g/mol. The number of para-hydroxylation sites is 2. The van der Waals surface area contributed by atoms with Gasteiger partial charge in [0.2, 0.25) is 0 Å². The number of anilines is 1. The lowest BCUT2D eigenvalue weighted by Crippen LogP contribution is -2.23. The van der Waals surface area contributed by atoms with Crippen molar-refractivity contribution in [1.82, 2.24) is 0 Å². The lowest BCUT2D eigenvalue weighted by Gasteiger charge is -2.10. The second-order valence-corrected chi connectivity index (χ2v) is 4.18. The zero-order valence-corrected chi connectivity index (χ0v) is 11.0. The van der Waals surface area contributed by atoms with E-state index in [2.05, 4.69) is 5.32 Å².